The number of carboxylic acid groups (broad SMARTS) is 1. The number of allylic oxidation sites excluding steroid dienone is 1. The van der Waals surface area contributed by atoms with Crippen LogP contribution in [0.5, 0.6) is 5.75 Å². The van der Waals surface area contributed by atoms with Gasteiger partial charge < -0.3 is 10.2 Å². The molecule has 1 unspecified atom stereocenters. The van der Waals surface area contributed by atoms with Crippen LogP contribution in [0.15, 0.2) is 59.6 Å². The fourth-order valence-corrected chi connectivity index (χ4v) is 2.60. The Morgan fingerprint density at radius 2 is 1.90 bits per heavy atom. The highest BCUT2D eigenvalue weighted by atomic mass is 79.9. The maximum Gasteiger partial charge on any atom is 0.339 e. The van der Waals surface area contributed by atoms with Crippen LogP contribution in [0.4, 0.5) is 0 Å². The minimum Gasteiger partial charge on any atom is -0.507 e. The molecule has 0 radical (unpaired) electrons. The molecule has 2 rings (SSSR count). The highest BCUT2D eigenvalue weighted by molar-refractivity contribution is 9.10. The largest absolute Gasteiger partial charge is 0.507 e. The second kappa shape index (κ2) is 5.92. The lowest BCUT2D eigenvalue weighted by Gasteiger charge is -2.17. The molecule has 0 bridgehead atoms. The van der Waals surface area contributed by atoms with Crippen molar-refractivity contribution in [3.63, 3.8) is 0 Å². The summed E-state index contributed by atoms with van der Waals surface area (Å²) in [5, 5.41) is 19.3. The molecule has 20 heavy (non-hydrogen) atoms. The Morgan fingerprint density at radius 3 is 2.45 bits per heavy atom. The first-order valence-corrected chi connectivity index (χ1v) is 6.77. The van der Waals surface area contributed by atoms with Crippen molar-refractivity contribution in [1.82, 2.24) is 0 Å². The van der Waals surface area contributed by atoms with Crippen molar-refractivity contribution in [1.29, 1.82) is 0 Å². The summed E-state index contributed by atoms with van der Waals surface area (Å²) in [6, 6.07) is 12.6. The third-order valence-corrected chi connectivity index (χ3v) is 3.52. The summed E-state index contributed by atoms with van der Waals surface area (Å²) in [6.45, 7) is 3.79. The van der Waals surface area contributed by atoms with Gasteiger partial charge in [-0.3, -0.25) is 0 Å². The summed E-state index contributed by atoms with van der Waals surface area (Å²) in [5.41, 5.74) is 1.32. The average Bonchev–Trinajstić information content (AvgIpc) is 2.44. The van der Waals surface area contributed by atoms with Crippen LogP contribution in [-0.2, 0) is 0 Å². The zero-order valence-corrected chi connectivity index (χ0v) is 12.2. The van der Waals surface area contributed by atoms with E-state index in [9.17, 15) is 9.90 Å². The van der Waals surface area contributed by atoms with Gasteiger partial charge in [-0.2, -0.15) is 0 Å². The first kappa shape index (κ1) is 14.3. The molecule has 2 N–H and O–H groups in total. The Kier molecular flexibility index (Phi) is 4.25. The van der Waals surface area contributed by atoms with Crippen molar-refractivity contribution in [2.24, 2.45) is 0 Å². The molecule has 2 aromatic rings. The van der Waals surface area contributed by atoms with E-state index in [2.05, 4.69) is 22.5 Å². The number of rotatable bonds is 4. The van der Waals surface area contributed by atoms with Gasteiger partial charge >= 0.3 is 5.97 Å². The minimum atomic E-state index is -1.17. The standard InChI is InChI=1S/C16H13BrO3/c1-2-12(10-6-4-3-5-7-10)13-8-11(17)9-14(15(13)18)16(19)20/h2-9,12,18H,1H2,(H,19,20). The van der Waals surface area contributed by atoms with Gasteiger partial charge in [-0.05, 0) is 17.7 Å². The number of carboxylic acids is 1. The topological polar surface area (TPSA) is 57.5 Å². The second-order valence-corrected chi connectivity index (χ2v) is 5.24. The van der Waals surface area contributed by atoms with Crippen LogP contribution in [0.25, 0.3) is 0 Å². The number of halogens is 1. The van der Waals surface area contributed by atoms with Crippen LogP contribution in [-0.4, -0.2) is 16.2 Å². The fourth-order valence-electron chi connectivity index (χ4n) is 2.12. The highest BCUT2D eigenvalue weighted by Crippen LogP contribution is 2.36. The summed E-state index contributed by atoms with van der Waals surface area (Å²) in [7, 11) is 0. The number of hydrogen-bond donors (Lipinski definition) is 2. The van der Waals surface area contributed by atoms with Crippen molar-refractivity contribution in [3.8, 4) is 5.75 Å². The molecule has 0 heterocycles. The van der Waals surface area contributed by atoms with E-state index in [4.69, 9.17) is 5.11 Å². The van der Waals surface area contributed by atoms with E-state index in [0.29, 0.717) is 10.0 Å². The molecule has 0 fully saturated rings. The Labute approximate surface area is 125 Å². The molecule has 0 saturated heterocycles. The molecule has 0 amide bonds. The number of carbonyl (C=O) groups is 1. The summed E-state index contributed by atoms with van der Waals surface area (Å²) >= 11 is 3.28. The smallest absolute Gasteiger partial charge is 0.339 e. The van der Waals surface area contributed by atoms with E-state index in [1.807, 2.05) is 30.3 Å². The zero-order chi connectivity index (χ0) is 14.7. The molecular weight excluding hydrogens is 320 g/mol. The second-order valence-electron chi connectivity index (χ2n) is 4.32. The van der Waals surface area contributed by atoms with Crippen molar-refractivity contribution in [2.45, 2.75) is 5.92 Å². The number of hydrogen-bond acceptors (Lipinski definition) is 2. The molecule has 0 spiro atoms. The molecule has 0 aromatic heterocycles. The van der Waals surface area contributed by atoms with E-state index in [0.717, 1.165) is 5.56 Å². The van der Waals surface area contributed by atoms with Gasteiger partial charge in [-0.25, -0.2) is 4.79 Å². The van der Waals surface area contributed by atoms with Gasteiger partial charge in [0, 0.05) is 16.0 Å². The van der Waals surface area contributed by atoms with Crippen LogP contribution >= 0.6 is 15.9 Å². The monoisotopic (exact) mass is 332 g/mol. The van der Waals surface area contributed by atoms with Gasteiger partial charge in [0.15, 0.2) is 0 Å². The van der Waals surface area contributed by atoms with E-state index < -0.39 is 5.97 Å². The predicted octanol–water partition coefficient (Wildman–Crippen LogP) is 4.17. The molecule has 0 saturated carbocycles. The summed E-state index contributed by atoms with van der Waals surface area (Å²) in [5.74, 6) is -1.66. The Bertz CT molecular complexity index is 650. The predicted molar refractivity (Wildman–Crippen MR) is 81.2 cm³/mol. The van der Waals surface area contributed by atoms with Crippen molar-refractivity contribution >= 4 is 21.9 Å². The molecule has 3 nitrogen and oxygen atoms in total. The molecular formula is C16H13BrO3. The first-order chi connectivity index (χ1) is 9.54. The van der Waals surface area contributed by atoms with Gasteiger partial charge in [-0.1, -0.05) is 52.3 Å². The first-order valence-electron chi connectivity index (χ1n) is 5.97. The molecule has 0 aliphatic heterocycles. The third-order valence-electron chi connectivity index (χ3n) is 3.06. The van der Waals surface area contributed by atoms with Gasteiger partial charge in [0.2, 0.25) is 0 Å². The lowest BCUT2D eigenvalue weighted by Crippen LogP contribution is -2.03. The van der Waals surface area contributed by atoms with Crippen molar-refractivity contribution in [2.75, 3.05) is 0 Å². The van der Waals surface area contributed by atoms with Crippen LogP contribution in [0.2, 0.25) is 0 Å². The molecule has 0 aliphatic carbocycles. The Balaban J connectivity index is 2.61. The number of phenols is 1. The van der Waals surface area contributed by atoms with Crippen LogP contribution in [0.3, 0.4) is 0 Å². The SMILES string of the molecule is C=CC(c1ccccc1)c1cc(Br)cc(C(=O)O)c1O. The van der Waals surface area contributed by atoms with Gasteiger partial charge in [0.05, 0.1) is 0 Å². The number of benzene rings is 2. The third kappa shape index (κ3) is 2.75. The summed E-state index contributed by atoms with van der Waals surface area (Å²) < 4.78 is 0.602. The zero-order valence-electron chi connectivity index (χ0n) is 10.6. The van der Waals surface area contributed by atoms with Crippen molar-refractivity contribution in [3.05, 3.63) is 76.3 Å². The van der Waals surface area contributed by atoms with Gasteiger partial charge in [0.25, 0.3) is 0 Å². The lowest BCUT2D eigenvalue weighted by molar-refractivity contribution is 0.0693. The average molecular weight is 333 g/mol. The Hall–Kier alpha value is -2.07. The van der Waals surface area contributed by atoms with Crippen molar-refractivity contribution < 1.29 is 15.0 Å². The van der Waals surface area contributed by atoms with E-state index in [1.54, 1.807) is 12.1 Å². The number of aromatic carboxylic acids is 1. The summed E-state index contributed by atoms with van der Waals surface area (Å²) in [6.07, 6.45) is 1.68. The fraction of sp³-hybridized carbons (Fsp3) is 0.0625. The normalized spacial score (nSPS) is 11.8. The molecule has 102 valence electrons. The van der Waals surface area contributed by atoms with E-state index in [-0.39, 0.29) is 17.2 Å². The molecule has 0 aliphatic rings. The molecule has 4 heteroatoms. The number of aromatic hydroxyl groups is 1. The summed E-state index contributed by atoms with van der Waals surface area (Å²) in [4.78, 5) is 11.2. The van der Waals surface area contributed by atoms with Crippen LogP contribution in [0, 0.1) is 0 Å². The van der Waals surface area contributed by atoms with E-state index >= 15 is 0 Å². The van der Waals surface area contributed by atoms with E-state index in [1.165, 1.54) is 6.07 Å². The molecule has 1 atom stereocenters. The maximum absolute atomic E-state index is 11.2. The molecule has 2 aromatic carbocycles. The van der Waals surface area contributed by atoms with Gasteiger partial charge in [0.1, 0.15) is 11.3 Å². The van der Waals surface area contributed by atoms with Crippen LogP contribution < -0.4 is 0 Å². The Morgan fingerprint density at radius 1 is 1.25 bits per heavy atom. The lowest BCUT2D eigenvalue weighted by atomic mass is 9.89. The van der Waals surface area contributed by atoms with Crippen LogP contribution in [0.1, 0.15) is 27.4 Å². The minimum absolute atomic E-state index is 0.128. The van der Waals surface area contributed by atoms with Gasteiger partial charge in [-0.15, -0.1) is 6.58 Å². The quantitative estimate of drug-likeness (QED) is 0.826. The maximum atomic E-state index is 11.2. The highest BCUT2D eigenvalue weighted by Gasteiger charge is 2.20.